The van der Waals surface area contributed by atoms with E-state index in [0.717, 1.165) is 32.6 Å². The van der Waals surface area contributed by atoms with Gasteiger partial charge in [0.1, 0.15) is 5.65 Å². The zero-order valence-corrected chi connectivity index (χ0v) is 14.5. The van der Waals surface area contributed by atoms with Crippen LogP contribution in [0.2, 0.25) is 0 Å². The Labute approximate surface area is 142 Å². The van der Waals surface area contributed by atoms with Crippen molar-refractivity contribution in [3.05, 3.63) is 64.0 Å². The number of nitrogens with zero attached hydrogens (tertiary/aromatic N) is 2. The van der Waals surface area contributed by atoms with Crippen LogP contribution in [0.3, 0.4) is 0 Å². The fraction of sp³-hybridized carbons (Fsp3) is 0.176. The summed E-state index contributed by atoms with van der Waals surface area (Å²) in [5, 5.41) is 5.74. The van der Waals surface area contributed by atoms with Crippen LogP contribution < -0.4 is 10.6 Å². The van der Waals surface area contributed by atoms with Crippen molar-refractivity contribution in [2.24, 2.45) is 0 Å². The first-order chi connectivity index (χ1) is 11.0. The highest BCUT2D eigenvalue weighted by atomic mass is 79.9. The van der Waals surface area contributed by atoms with Crippen molar-refractivity contribution in [2.75, 3.05) is 5.32 Å². The van der Waals surface area contributed by atoms with Crippen LogP contribution >= 0.6 is 15.9 Å². The highest BCUT2D eigenvalue weighted by molar-refractivity contribution is 9.10. The van der Waals surface area contributed by atoms with E-state index in [1.165, 1.54) is 0 Å². The fourth-order valence-corrected chi connectivity index (χ4v) is 2.80. The molecule has 0 saturated heterocycles. The number of aryl methyl sites for hydroxylation is 2. The van der Waals surface area contributed by atoms with Crippen molar-refractivity contribution in [1.29, 1.82) is 0 Å². The number of aromatic nitrogens is 2. The lowest BCUT2D eigenvalue weighted by Crippen LogP contribution is -2.28. The number of carbonyl (C=O) groups is 1. The smallest absolute Gasteiger partial charge is 0.319 e. The van der Waals surface area contributed by atoms with Crippen LogP contribution in [0.1, 0.15) is 16.8 Å². The van der Waals surface area contributed by atoms with E-state index in [1.54, 1.807) is 0 Å². The normalized spacial score (nSPS) is 10.7. The number of halogens is 1. The molecule has 23 heavy (non-hydrogen) atoms. The summed E-state index contributed by atoms with van der Waals surface area (Å²) in [6, 6.07) is 9.55. The number of hydrogen-bond donors (Lipinski definition) is 2. The van der Waals surface area contributed by atoms with Gasteiger partial charge in [-0.2, -0.15) is 0 Å². The molecule has 5 nitrogen and oxygen atoms in total. The Morgan fingerprint density at radius 1 is 1.17 bits per heavy atom. The van der Waals surface area contributed by atoms with Gasteiger partial charge in [-0.1, -0.05) is 18.2 Å². The SMILES string of the molecule is Cc1cccc(C)c1NC(=O)NCc1cn2cc(Br)ccc2n1. The number of nitrogens with one attached hydrogen (secondary N) is 2. The number of anilines is 1. The molecule has 0 aliphatic heterocycles. The van der Waals surface area contributed by atoms with Crippen molar-refractivity contribution in [2.45, 2.75) is 20.4 Å². The minimum absolute atomic E-state index is 0.236. The third kappa shape index (κ3) is 3.53. The van der Waals surface area contributed by atoms with Gasteiger partial charge in [-0.25, -0.2) is 9.78 Å². The molecule has 0 saturated carbocycles. The van der Waals surface area contributed by atoms with Crippen molar-refractivity contribution >= 4 is 33.3 Å². The Hall–Kier alpha value is -2.34. The van der Waals surface area contributed by atoms with E-state index < -0.39 is 0 Å². The van der Waals surface area contributed by atoms with E-state index in [1.807, 2.05) is 61.0 Å². The molecule has 2 heterocycles. The van der Waals surface area contributed by atoms with Gasteiger partial charge < -0.3 is 15.0 Å². The fourth-order valence-electron chi connectivity index (χ4n) is 2.44. The Balaban J connectivity index is 1.66. The number of amides is 2. The third-order valence-corrected chi connectivity index (χ3v) is 4.08. The summed E-state index contributed by atoms with van der Waals surface area (Å²) in [4.78, 5) is 16.6. The molecule has 0 bridgehead atoms. The molecule has 0 radical (unpaired) electrons. The maximum Gasteiger partial charge on any atom is 0.319 e. The van der Waals surface area contributed by atoms with Crippen LogP contribution in [-0.2, 0) is 6.54 Å². The molecule has 6 heteroatoms. The second-order valence-electron chi connectivity index (χ2n) is 5.42. The summed E-state index contributed by atoms with van der Waals surface area (Å²) >= 11 is 3.43. The van der Waals surface area contributed by atoms with E-state index in [-0.39, 0.29) is 6.03 Å². The predicted molar refractivity (Wildman–Crippen MR) is 94.7 cm³/mol. The lowest BCUT2D eigenvalue weighted by atomic mass is 10.1. The zero-order valence-electron chi connectivity index (χ0n) is 12.9. The molecule has 2 aromatic heterocycles. The highest BCUT2D eigenvalue weighted by Crippen LogP contribution is 2.19. The molecule has 0 spiro atoms. The lowest BCUT2D eigenvalue weighted by molar-refractivity contribution is 0.251. The Bertz CT molecular complexity index is 852. The van der Waals surface area contributed by atoms with Gasteiger partial charge in [0.05, 0.1) is 12.2 Å². The van der Waals surface area contributed by atoms with Gasteiger partial charge in [-0.3, -0.25) is 0 Å². The van der Waals surface area contributed by atoms with E-state index in [0.29, 0.717) is 6.54 Å². The number of pyridine rings is 1. The second kappa shape index (κ2) is 6.42. The first-order valence-corrected chi connectivity index (χ1v) is 8.06. The van der Waals surface area contributed by atoms with Crippen molar-refractivity contribution in [3.8, 4) is 0 Å². The van der Waals surface area contributed by atoms with E-state index >= 15 is 0 Å². The minimum Gasteiger partial charge on any atom is -0.332 e. The maximum atomic E-state index is 12.1. The lowest BCUT2D eigenvalue weighted by Gasteiger charge is -2.11. The van der Waals surface area contributed by atoms with Crippen LogP contribution in [-0.4, -0.2) is 15.4 Å². The van der Waals surface area contributed by atoms with Crippen LogP contribution in [0.25, 0.3) is 5.65 Å². The predicted octanol–water partition coefficient (Wildman–Crippen LogP) is 4.04. The highest BCUT2D eigenvalue weighted by Gasteiger charge is 2.08. The summed E-state index contributed by atoms with van der Waals surface area (Å²) in [5.41, 5.74) is 4.58. The molecular formula is C17H17BrN4O. The van der Waals surface area contributed by atoms with E-state index in [4.69, 9.17) is 0 Å². The number of imidazole rings is 1. The Kier molecular flexibility index (Phi) is 4.34. The van der Waals surface area contributed by atoms with Crippen LogP contribution in [0.5, 0.6) is 0 Å². The first kappa shape index (κ1) is 15.6. The maximum absolute atomic E-state index is 12.1. The summed E-state index contributed by atoms with van der Waals surface area (Å²) < 4.78 is 2.90. The van der Waals surface area contributed by atoms with Gasteiger partial charge in [0.15, 0.2) is 0 Å². The molecule has 0 unspecified atom stereocenters. The molecule has 0 fully saturated rings. The van der Waals surface area contributed by atoms with Crippen molar-refractivity contribution in [1.82, 2.24) is 14.7 Å². The van der Waals surface area contributed by atoms with Gasteiger partial charge in [0, 0.05) is 22.6 Å². The van der Waals surface area contributed by atoms with E-state index in [2.05, 4.69) is 31.5 Å². The molecule has 3 aromatic rings. The largest absolute Gasteiger partial charge is 0.332 e. The summed E-state index contributed by atoms with van der Waals surface area (Å²) in [6.07, 6.45) is 3.84. The number of carbonyl (C=O) groups excluding carboxylic acids is 1. The van der Waals surface area contributed by atoms with Gasteiger partial charge in [0.2, 0.25) is 0 Å². The van der Waals surface area contributed by atoms with Crippen LogP contribution in [0.4, 0.5) is 10.5 Å². The number of benzene rings is 1. The quantitative estimate of drug-likeness (QED) is 0.728. The third-order valence-electron chi connectivity index (χ3n) is 3.61. The Morgan fingerprint density at radius 2 is 1.91 bits per heavy atom. The van der Waals surface area contributed by atoms with Gasteiger partial charge in [-0.15, -0.1) is 0 Å². The van der Waals surface area contributed by atoms with Crippen LogP contribution in [0, 0.1) is 13.8 Å². The second-order valence-corrected chi connectivity index (χ2v) is 6.34. The van der Waals surface area contributed by atoms with Gasteiger partial charge >= 0.3 is 6.03 Å². The average Bonchev–Trinajstić information content (AvgIpc) is 2.91. The molecule has 118 valence electrons. The molecule has 3 rings (SSSR count). The molecule has 1 aromatic carbocycles. The molecule has 0 aliphatic rings. The van der Waals surface area contributed by atoms with Crippen molar-refractivity contribution in [3.63, 3.8) is 0 Å². The topological polar surface area (TPSA) is 58.4 Å². The minimum atomic E-state index is -0.236. The number of para-hydroxylation sites is 1. The van der Waals surface area contributed by atoms with E-state index in [9.17, 15) is 4.79 Å². The molecule has 0 atom stereocenters. The number of hydrogen-bond acceptors (Lipinski definition) is 2. The summed E-state index contributed by atoms with van der Waals surface area (Å²) in [7, 11) is 0. The van der Waals surface area contributed by atoms with Gasteiger partial charge in [-0.05, 0) is 53.0 Å². The van der Waals surface area contributed by atoms with Gasteiger partial charge in [0.25, 0.3) is 0 Å². The standard InChI is InChI=1S/C17H17BrN4O/c1-11-4-3-5-12(2)16(11)21-17(23)19-8-14-10-22-9-13(18)6-7-15(22)20-14/h3-7,9-10H,8H2,1-2H3,(H2,19,21,23). The zero-order chi connectivity index (χ0) is 16.4. The Morgan fingerprint density at radius 3 is 2.65 bits per heavy atom. The number of urea groups is 1. The first-order valence-electron chi connectivity index (χ1n) is 7.27. The monoisotopic (exact) mass is 372 g/mol. The molecule has 0 aliphatic carbocycles. The number of fused-ring (bicyclic) bond motifs is 1. The summed E-state index contributed by atoms with van der Waals surface area (Å²) in [6.45, 7) is 4.32. The summed E-state index contributed by atoms with van der Waals surface area (Å²) in [5.74, 6) is 0. The average molecular weight is 373 g/mol. The van der Waals surface area contributed by atoms with Crippen LogP contribution in [0.15, 0.2) is 47.2 Å². The molecule has 2 N–H and O–H groups in total. The number of rotatable bonds is 3. The molecular weight excluding hydrogens is 356 g/mol. The molecule has 2 amide bonds. The van der Waals surface area contributed by atoms with Crippen molar-refractivity contribution < 1.29 is 4.79 Å².